The lowest BCUT2D eigenvalue weighted by atomic mass is 9.72. The molecule has 1 aromatic carbocycles. The van der Waals surface area contributed by atoms with Crippen LogP contribution in [-0.2, 0) is 4.74 Å². The molecule has 0 radical (unpaired) electrons. The van der Waals surface area contributed by atoms with Crippen LogP contribution in [0.15, 0.2) is 24.3 Å². The van der Waals surface area contributed by atoms with E-state index in [1.54, 1.807) is 6.07 Å². The number of nitrogens with one attached hydrogen (secondary N) is 1. The molecular formula is C13H15N3O. The summed E-state index contributed by atoms with van der Waals surface area (Å²) < 4.78 is 5.66. The first-order valence-corrected chi connectivity index (χ1v) is 5.93. The van der Waals surface area contributed by atoms with Crippen molar-refractivity contribution in [2.75, 3.05) is 11.9 Å². The van der Waals surface area contributed by atoms with Gasteiger partial charge in [0.05, 0.1) is 23.8 Å². The Morgan fingerprint density at radius 1 is 1.47 bits per heavy atom. The molecule has 4 heteroatoms. The van der Waals surface area contributed by atoms with Gasteiger partial charge in [-0.25, -0.2) is 0 Å². The monoisotopic (exact) mass is 229 g/mol. The lowest BCUT2D eigenvalue weighted by molar-refractivity contribution is 0.00538. The summed E-state index contributed by atoms with van der Waals surface area (Å²) in [6.07, 6.45) is 1.32. The molecule has 1 saturated carbocycles. The van der Waals surface area contributed by atoms with E-state index in [1.807, 2.05) is 18.2 Å². The third kappa shape index (κ3) is 1.68. The van der Waals surface area contributed by atoms with Crippen LogP contribution in [-0.4, -0.2) is 24.8 Å². The van der Waals surface area contributed by atoms with E-state index in [-0.39, 0.29) is 18.2 Å². The predicted molar refractivity (Wildman–Crippen MR) is 64.4 cm³/mol. The van der Waals surface area contributed by atoms with E-state index in [9.17, 15) is 0 Å². The van der Waals surface area contributed by atoms with Crippen molar-refractivity contribution in [3.63, 3.8) is 0 Å². The van der Waals surface area contributed by atoms with Crippen LogP contribution in [0.25, 0.3) is 0 Å². The number of benzene rings is 1. The molecule has 1 aromatic rings. The van der Waals surface area contributed by atoms with Crippen LogP contribution in [0.3, 0.4) is 0 Å². The molecule has 1 saturated heterocycles. The highest BCUT2D eigenvalue weighted by Gasteiger charge is 2.52. The molecule has 2 aliphatic rings. The molecule has 4 nitrogen and oxygen atoms in total. The summed E-state index contributed by atoms with van der Waals surface area (Å²) in [5.74, 6) is 0.506. The second-order valence-electron chi connectivity index (χ2n) is 4.73. The Morgan fingerprint density at radius 2 is 2.35 bits per heavy atom. The van der Waals surface area contributed by atoms with Crippen molar-refractivity contribution in [3.8, 4) is 6.07 Å². The normalized spacial score (nSPS) is 34.6. The Labute approximate surface area is 100 Å². The van der Waals surface area contributed by atoms with E-state index < -0.39 is 0 Å². The summed E-state index contributed by atoms with van der Waals surface area (Å²) in [6.45, 7) is 0.819. The summed E-state index contributed by atoms with van der Waals surface area (Å²) in [4.78, 5) is 0. The largest absolute Gasteiger partial charge is 0.378 e. The first kappa shape index (κ1) is 10.6. The van der Waals surface area contributed by atoms with Gasteiger partial charge in [-0.3, -0.25) is 0 Å². The van der Waals surface area contributed by atoms with Crippen LogP contribution >= 0.6 is 0 Å². The number of nitriles is 1. The molecule has 88 valence electrons. The molecule has 3 N–H and O–H groups in total. The highest BCUT2D eigenvalue weighted by molar-refractivity contribution is 5.51. The molecule has 1 aliphatic carbocycles. The fourth-order valence-electron chi connectivity index (χ4n) is 2.80. The fourth-order valence-corrected chi connectivity index (χ4v) is 2.80. The summed E-state index contributed by atoms with van der Waals surface area (Å²) >= 11 is 0. The van der Waals surface area contributed by atoms with Crippen LogP contribution in [0.4, 0.5) is 5.69 Å². The molecule has 3 rings (SSSR count). The lowest BCUT2D eigenvalue weighted by Gasteiger charge is -2.46. The zero-order valence-corrected chi connectivity index (χ0v) is 9.47. The van der Waals surface area contributed by atoms with E-state index >= 15 is 0 Å². The minimum atomic E-state index is 0.160. The SMILES string of the molecule is N#Cc1cccc(NC2C(N)C3CCOC32)c1. The molecule has 4 unspecified atom stereocenters. The average Bonchev–Trinajstić information content (AvgIpc) is 2.81. The summed E-state index contributed by atoms with van der Waals surface area (Å²) in [6, 6.07) is 9.93. The van der Waals surface area contributed by atoms with Gasteiger partial charge in [0.2, 0.25) is 0 Å². The maximum Gasteiger partial charge on any atom is 0.0992 e. The van der Waals surface area contributed by atoms with Crippen LogP contribution in [0.5, 0.6) is 0 Å². The first-order valence-electron chi connectivity index (χ1n) is 5.93. The number of rotatable bonds is 2. The van der Waals surface area contributed by atoms with Gasteiger partial charge in [-0.15, -0.1) is 0 Å². The van der Waals surface area contributed by atoms with Gasteiger partial charge in [0.1, 0.15) is 0 Å². The van der Waals surface area contributed by atoms with E-state index in [0.29, 0.717) is 11.5 Å². The van der Waals surface area contributed by atoms with Gasteiger partial charge < -0.3 is 15.8 Å². The fraction of sp³-hybridized carbons (Fsp3) is 0.462. The Hall–Kier alpha value is -1.57. The number of fused-ring (bicyclic) bond motifs is 1. The number of hydrogen-bond acceptors (Lipinski definition) is 4. The zero-order chi connectivity index (χ0) is 11.8. The molecule has 4 atom stereocenters. The maximum atomic E-state index is 8.84. The second-order valence-corrected chi connectivity index (χ2v) is 4.73. The minimum Gasteiger partial charge on any atom is -0.378 e. The van der Waals surface area contributed by atoms with Crippen molar-refractivity contribution in [1.82, 2.24) is 0 Å². The smallest absolute Gasteiger partial charge is 0.0992 e. The van der Waals surface area contributed by atoms with Gasteiger partial charge in [0, 0.05) is 24.3 Å². The van der Waals surface area contributed by atoms with Crippen molar-refractivity contribution in [2.24, 2.45) is 11.7 Å². The number of hydrogen-bond donors (Lipinski definition) is 2. The average molecular weight is 229 g/mol. The van der Waals surface area contributed by atoms with Crippen molar-refractivity contribution < 1.29 is 4.74 Å². The van der Waals surface area contributed by atoms with Gasteiger partial charge in [-0.1, -0.05) is 6.07 Å². The molecule has 17 heavy (non-hydrogen) atoms. The summed E-state index contributed by atoms with van der Waals surface area (Å²) in [5, 5.41) is 12.2. The Kier molecular flexibility index (Phi) is 2.50. The van der Waals surface area contributed by atoms with Crippen LogP contribution < -0.4 is 11.1 Å². The quantitative estimate of drug-likeness (QED) is 0.796. The van der Waals surface area contributed by atoms with E-state index in [2.05, 4.69) is 11.4 Å². The van der Waals surface area contributed by atoms with Gasteiger partial charge in [-0.05, 0) is 24.6 Å². The lowest BCUT2D eigenvalue weighted by Crippen LogP contribution is -2.65. The van der Waals surface area contributed by atoms with E-state index in [0.717, 1.165) is 18.7 Å². The molecule has 1 aliphatic heterocycles. The minimum absolute atomic E-state index is 0.160. The molecule has 0 amide bonds. The van der Waals surface area contributed by atoms with Crippen LogP contribution in [0.2, 0.25) is 0 Å². The Bertz CT molecular complexity index is 468. The molecule has 0 aromatic heterocycles. The van der Waals surface area contributed by atoms with Crippen molar-refractivity contribution in [1.29, 1.82) is 5.26 Å². The third-order valence-electron chi connectivity index (χ3n) is 3.77. The standard InChI is InChI=1S/C13H15N3O/c14-7-8-2-1-3-9(6-8)16-12-11(15)10-4-5-17-13(10)12/h1-3,6,10-13,16H,4-5,15H2. The van der Waals surface area contributed by atoms with Gasteiger partial charge >= 0.3 is 0 Å². The van der Waals surface area contributed by atoms with Crippen molar-refractivity contribution >= 4 is 5.69 Å². The van der Waals surface area contributed by atoms with Gasteiger partial charge in [-0.2, -0.15) is 5.26 Å². The van der Waals surface area contributed by atoms with Crippen molar-refractivity contribution in [3.05, 3.63) is 29.8 Å². The van der Waals surface area contributed by atoms with Crippen molar-refractivity contribution in [2.45, 2.75) is 24.6 Å². The first-order chi connectivity index (χ1) is 8.29. The second kappa shape index (κ2) is 4.02. The number of nitrogens with zero attached hydrogens (tertiary/aromatic N) is 1. The zero-order valence-electron chi connectivity index (χ0n) is 9.47. The molecule has 0 bridgehead atoms. The Morgan fingerprint density at radius 3 is 3.18 bits per heavy atom. The number of nitrogens with two attached hydrogens (primary N) is 1. The number of anilines is 1. The molecule has 0 spiro atoms. The molecular weight excluding hydrogens is 214 g/mol. The highest BCUT2D eigenvalue weighted by Crippen LogP contribution is 2.39. The van der Waals surface area contributed by atoms with Gasteiger partial charge in [0.15, 0.2) is 0 Å². The van der Waals surface area contributed by atoms with E-state index in [1.165, 1.54) is 0 Å². The summed E-state index contributed by atoms with van der Waals surface area (Å²) in [5.41, 5.74) is 7.72. The van der Waals surface area contributed by atoms with E-state index in [4.69, 9.17) is 15.7 Å². The number of ether oxygens (including phenoxy) is 1. The molecule has 1 heterocycles. The highest BCUT2D eigenvalue weighted by atomic mass is 16.5. The van der Waals surface area contributed by atoms with Crippen LogP contribution in [0, 0.1) is 17.2 Å². The predicted octanol–water partition coefficient (Wildman–Crippen LogP) is 1.08. The summed E-state index contributed by atoms with van der Waals surface area (Å²) in [7, 11) is 0. The Balaban J connectivity index is 1.73. The van der Waals surface area contributed by atoms with Gasteiger partial charge in [0.25, 0.3) is 0 Å². The van der Waals surface area contributed by atoms with Crippen LogP contribution in [0.1, 0.15) is 12.0 Å². The topological polar surface area (TPSA) is 71.1 Å². The maximum absolute atomic E-state index is 8.84. The third-order valence-corrected chi connectivity index (χ3v) is 3.77. The molecule has 2 fully saturated rings.